The molecule has 2 rings (SSSR count). The molecule has 0 aliphatic rings. The summed E-state index contributed by atoms with van der Waals surface area (Å²) in [5.41, 5.74) is 4.13. The lowest BCUT2D eigenvalue weighted by molar-refractivity contribution is 0.652. The Bertz CT molecular complexity index is 447. The number of thiazole rings is 1. The second kappa shape index (κ2) is 4.40. The molecule has 0 aromatic carbocycles. The predicted octanol–water partition coefficient (Wildman–Crippen LogP) is 2.37. The summed E-state index contributed by atoms with van der Waals surface area (Å²) >= 11 is 3.40. The van der Waals surface area contributed by atoms with Crippen LogP contribution >= 0.6 is 22.7 Å². The molecule has 0 spiro atoms. The molecular formula is C10H13N3S2. The average molecular weight is 239 g/mol. The van der Waals surface area contributed by atoms with Crippen LogP contribution in [-0.4, -0.2) is 4.98 Å². The highest BCUT2D eigenvalue weighted by Crippen LogP contribution is 2.31. The maximum atomic E-state index is 5.61. The van der Waals surface area contributed by atoms with E-state index in [1.165, 1.54) is 15.3 Å². The Labute approximate surface area is 96.9 Å². The van der Waals surface area contributed by atoms with Crippen LogP contribution in [0.25, 0.3) is 0 Å². The second-order valence-electron chi connectivity index (χ2n) is 3.35. The van der Waals surface area contributed by atoms with Gasteiger partial charge in [0.2, 0.25) is 0 Å². The van der Waals surface area contributed by atoms with Crippen molar-refractivity contribution >= 4 is 22.7 Å². The van der Waals surface area contributed by atoms with E-state index >= 15 is 0 Å². The molecule has 0 aliphatic heterocycles. The highest BCUT2D eigenvalue weighted by Gasteiger charge is 2.17. The van der Waals surface area contributed by atoms with E-state index in [1.807, 2.05) is 13.1 Å². The van der Waals surface area contributed by atoms with Crippen LogP contribution in [0.4, 0.5) is 0 Å². The Hall–Kier alpha value is -0.750. The molecule has 3 N–H and O–H groups in total. The SMILES string of the molecule is Cc1ncc(C(NN)c2sccc2C)s1. The summed E-state index contributed by atoms with van der Waals surface area (Å²) in [5, 5.41) is 3.16. The van der Waals surface area contributed by atoms with Crippen molar-refractivity contribution in [1.29, 1.82) is 0 Å². The van der Waals surface area contributed by atoms with Crippen molar-refractivity contribution in [3.8, 4) is 0 Å². The largest absolute Gasteiger partial charge is 0.271 e. The van der Waals surface area contributed by atoms with E-state index in [9.17, 15) is 0 Å². The number of nitrogens with two attached hydrogens (primary N) is 1. The van der Waals surface area contributed by atoms with Gasteiger partial charge in [-0.1, -0.05) is 0 Å². The summed E-state index contributed by atoms with van der Waals surface area (Å²) in [5.74, 6) is 5.61. The number of hydrazine groups is 1. The molecule has 80 valence electrons. The van der Waals surface area contributed by atoms with Gasteiger partial charge < -0.3 is 0 Å². The number of nitrogens with zero attached hydrogens (tertiary/aromatic N) is 1. The van der Waals surface area contributed by atoms with Crippen LogP contribution in [0.15, 0.2) is 17.6 Å². The van der Waals surface area contributed by atoms with Gasteiger partial charge in [-0.15, -0.1) is 22.7 Å². The lowest BCUT2D eigenvalue weighted by atomic mass is 10.1. The molecule has 0 aliphatic carbocycles. The van der Waals surface area contributed by atoms with Crippen molar-refractivity contribution < 1.29 is 0 Å². The van der Waals surface area contributed by atoms with E-state index in [4.69, 9.17) is 5.84 Å². The van der Waals surface area contributed by atoms with Gasteiger partial charge >= 0.3 is 0 Å². The normalized spacial score (nSPS) is 13.0. The van der Waals surface area contributed by atoms with Crippen LogP contribution in [0.5, 0.6) is 0 Å². The number of nitrogens with one attached hydrogen (secondary N) is 1. The van der Waals surface area contributed by atoms with Gasteiger partial charge in [-0.25, -0.2) is 10.4 Å². The van der Waals surface area contributed by atoms with Crippen LogP contribution in [0.3, 0.4) is 0 Å². The fourth-order valence-corrected chi connectivity index (χ4v) is 3.41. The standard InChI is InChI=1S/C10H13N3S2/c1-6-3-4-14-10(6)9(13-11)8-5-12-7(2)15-8/h3-5,9,13H,11H2,1-2H3. The molecule has 1 atom stereocenters. The lowest BCUT2D eigenvalue weighted by Crippen LogP contribution is -2.28. The fraction of sp³-hybridized carbons (Fsp3) is 0.300. The lowest BCUT2D eigenvalue weighted by Gasteiger charge is -2.12. The molecule has 0 amide bonds. The van der Waals surface area contributed by atoms with Crippen molar-refractivity contribution in [1.82, 2.24) is 10.4 Å². The third-order valence-corrected chi connectivity index (χ3v) is 4.32. The number of aryl methyl sites for hydroxylation is 2. The van der Waals surface area contributed by atoms with E-state index in [0.717, 1.165) is 5.01 Å². The predicted molar refractivity (Wildman–Crippen MR) is 65.1 cm³/mol. The monoisotopic (exact) mass is 239 g/mol. The summed E-state index contributed by atoms with van der Waals surface area (Å²) in [6.45, 7) is 4.10. The van der Waals surface area contributed by atoms with Crippen LogP contribution in [0.2, 0.25) is 0 Å². The van der Waals surface area contributed by atoms with E-state index in [1.54, 1.807) is 22.7 Å². The summed E-state index contributed by atoms with van der Waals surface area (Å²) in [6, 6.07) is 2.19. The molecule has 0 saturated heterocycles. The van der Waals surface area contributed by atoms with Crippen molar-refractivity contribution in [2.45, 2.75) is 19.9 Å². The summed E-state index contributed by atoms with van der Waals surface area (Å²) in [4.78, 5) is 6.68. The Morgan fingerprint density at radius 3 is 2.73 bits per heavy atom. The van der Waals surface area contributed by atoms with Gasteiger partial charge in [-0.3, -0.25) is 5.84 Å². The van der Waals surface area contributed by atoms with Crippen LogP contribution in [0.1, 0.15) is 26.4 Å². The molecule has 15 heavy (non-hydrogen) atoms. The molecule has 0 saturated carbocycles. The molecule has 2 aromatic heterocycles. The number of aromatic nitrogens is 1. The number of rotatable bonds is 3. The first-order valence-corrected chi connectivity index (χ1v) is 6.34. The molecule has 0 radical (unpaired) electrons. The first-order chi connectivity index (χ1) is 7.22. The quantitative estimate of drug-likeness (QED) is 0.638. The van der Waals surface area contributed by atoms with Gasteiger partial charge in [0, 0.05) is 16.0 Å². The minimum Gasteiger partial charge on any atom is -0.271 e. The average Bonchev–Trinajstić information content (AvgIpc) is 2.79. The molecule has 5 heteroatoms. The molecule has 2 heterocycles. The summed E-state index contributed by atoms with van der Waals surface area (Å²) in [6.07, 6.45) is 1.89. The van der Waals surface area contributed by atoms with Crippen LogP contribution in [0, 0.1) is 13.8 Å². The third-order valence-electron chi connectivity index (χ3n) is 2.25. The first-order valence-electron chi connectivity index (χ1n) is 4.65. The number of hydrogen-bond acceptors (Lipinski definition) is 5. The number of thiophene rings is 1. The second-order valence-corrected chi connectivity index (χ2v) is 5.56. The van der Waals surface area contributed by atoms with Crippen molar-refractivity contribution in [2.75, 3.05) is 0 Å². The van der Waals surface area contributed by atoms with E-state index in [0.29, 0.717) is 0 Å². The zero-order valence-corrected chi connectivity index (χ0v) is 10.3. The minimum absolute atomic E-state index is 0.0798. The number of hydrogen-bond donors (Lipinski definition) is 2. The molecule has 0 fully saturated rings. The zero-order chi connectivity index (χ0) is 10.8. The van der Waals surface area contributed by atoms with Gasteiger partial charge in [-0.05, 0) is 30.9 Å². The Balaban J connectivity index is 2.36. The van der Waals surface area contributed by atoms with Gasteiger partial charge in [0.1, 0.15) is 0 Å². The maximum absolute atomic E-state index is 5.61. The molecule has 3 nitrogen and oxygen atoms in total. The first kappa shape index (κ1) is 10.8. The Morgan fingerprint density at radius 1 is 1.47 bits per heavy atom. The summed E-state index contributed by atoms with van der Waals surface area (Å²) < 4.78 is 0. The van der Waals surface area contributed by atoms with Gasteiger partial charge in [0.15, 0.2) is 0 Å². The highest BCUT2D eigenvalue weighted by molar-refractivity contribution is 7.12. The molecule has 0 bridgehead atoms. The Morgan fingerprint density at radius 2 is 2.27 bits per heavy atom. The smallest absolute Gasteiger partial charge is 0.0913 e. The van der Waals surface area contributed by atoms with E-state index in [-0.39, 0.29) is 6.04 Å². The van der Waals surface area contributed by atoms with E-state index in [2.05, 4.69) is 28.8 Å². The molecule has 2 aromatic rings. The Kier molecular flexibility index (Phi) is 3.16. The maximum Gasteiger partial charge on any atom is 0.0913 e. The van der Waals surface area contributed by atoms with Crippen molar-refractivity contribution in [3.05, 3.63) is 38.0 Å². The van der Waals surface area contributed by atoms with Crippen molar-refractivity contribution in [2.24, 2.45) is 5.84 Å². The fourth-order valence-electron chi connectivity index (χ4n) is 1.48. The van der Waals surface area contributed by atoms with Crippen molar-refractivity contribution in [3.63, 3.8) is 0 Å². The minimum atomic E-state index is 0.0798. The van der Waals surface area contributed by atoms with Crippen LogP contribution in [-0.2, 0) is 0 Å². The molecular weight excluding hydrogens is 226 g/mol. The topological polar surface area (TPSA) is 50.9 Å². The van der Waals surface area contributed by atoms with E-state index < -0.39 is 0 Å². The van der Waals surface area contributed by atoms with Gasteiger partial charge in [-0.2, -0.15) is 0 Å². The molecule has 1 unspecified atom stereocenters. The third kappa shape index (κ3) is 2.10. The van der Waals surface area contributed by atoms with Crippen LogP contribution < -0.4 is 11.3 Å². The highest BCUT2D eigenvalue weighted by atomic mass is 32.1. The van der Waals surface area contributed by atoms with Gasteiger partial charge in [0.25, 0.3) is 0 Å². The van der Waals surface area contributed by atoms with Gasteiger partial charge in [0.05, 0.1) is 11.0 Å². The zero-order valence-electron chi connectivity index (χ0n) is 8.65. The summed E-state index contributed by atoms with van der Waals surface area (Å²) in [7, 11) is 0.